The zero-order chi connectivity index (χ0) is 21.6. The maximum atomic E-state index is 13.1. The average molecular weight is 428 g/mol. The number of aromatic nitrogens is 2. The molecule has 3 aromatic rings. The van der Waals surface area contributed by atoms with E-state index in [9.17, 15) is 19.1 Å². The van der Waals surface area contributed by atoms with Gasteiger partial charge in [-0.3, -0.25) is 9.59 Å². The molecule has 0 saturated heterocycles. The van der Waals surface area contributed by atoms with Crippen molar-refractivity contribution in [2.24, 2.45) is 0 Å². The molecule has 1 atom stereocenters. The van der Waals surface area contributed by atoms with Crippen molar-refractivity contribution in [3.05, 3.63) is 68.8 Å². The second-order valence-electron chi connectivity index (χ2n) is 7.81. The number of amides is 1. The predicted octanol–water partition coefficient (Wildman–Crippen LogP) is 3.83. The molecule has 3 heterocycles. The Labute approximate surface area is 177 Å². The number of nitrogens with zero attached hydrogens (tertiary/aromatic N) is 3. The molecule has 0 radical (unpaired) electrons. The molecule has 0 aliphatic carbocycles. The summed E-state index contributed by atoms with van der Waals surface area (Å²) < 4.78 is 14.8. The van der Waals surface area contributed by atoms with Gasteiger partial charge in [0.25, 0.3) is 5.91 Å². The Morgan fingerprint density at radius 1 is 1.27 bits per heavy atom. The Bertz CT molecular complexity index is 1170. The van der Waals surface area contributed by atoms with Crippen molar-refractivity contribution in [2.45, 2.75) is 39.3 Å². The van der Waals surface area contributed by atoms with Crippen LogP contribution in [0.5, 0.6) is 5.75 Å². The van der Waals surface area contributed by atoms with Gasteiger partial charge in [-0.05, 0) is 38.5 Å². The summed E-state index contributed by atoms with van der Waals surface area (Å²) in [7, 11) is 0. The predicted molar refractivity (Wildman–Crippen MR) is 114 cm³/mol. The minimum absolute atomic E-state index is 0.0271. The fourth-order valence-corrected chi connectivity index (χ4v) is 4.64. The van der Waals surface area contributed by atoms with E-state index in [-0.39, 0.29) is 35.1 Å². The number of hydrogen-bond acceptors (Lipinski definition) is 5. The third-order valence-electron chi connectivity index (χ3n) is 5.31. The smallest absolute Gasteiger partial charge is 0.274 e. The average Bonchev–Trinajstić information content (AvgIpc) is 3.16. The van der Waals surface area contributed by atoms with Gasteiger partial charge in [-0.25, -0.2) is 9.37 Å². The van der Waals surface area contributed by atoms with Gasteiger partial charge in [0.1, 0.15) is 10.8 Å². The second kappa shape index (κ2) is 7.68. The summed E-state index contributed by atoms with van der Waals surface area (Å²) in [4.78, 5) is 32.6. The van der Waals surface area contributed by atoms with Crippen LogP contribution in [0.4, 0.5) is 4.39 Å². The van der Waals surface area contributed by atoms with Crippen LogP contribution in [0, 0.1) is 5.82 Å². The van der Waals surface area contributed by atoms with Gasteiger partial charge in [0, 0.05) is 42.3 Å². The molecule has 6 nitrogen and oxygen atoms in total. The number of carbonyl (C=O) groups is 1. The number of thiazole rings is 1. The van der Waals surface area contributed by atoms with E-state index >= 15 is 0 Å². The largest absolute Gasteiger partial charge is 0.503 e. The fraction of sp³-hybridized carbons (Fsp3) is 0.318. The summed E-state index contributed by atoms with van der Waals surface area (Å²) in [5.74, 6) is -1.17. The first kappa shape index (κ1) is 20.3. The summed E-state index contributed by atoms with van der Waals surface area (Å²) in [6.45, 7) is 6.25. The van der Waals surface area contributed by atoms with E-state index in [1.807, 2.05) is 20.8 Å². The second-order valence-corrected chi connectivity index (χ2v) is 8.93. The highest BCUT2D eigenvalue weighted by Crippen LogP contribution is 2.31. The highest BCUT2D eigenvalue weighted by Gasteiger charge is 2.34. The lowest BCUT2D eigenvalue weighted by Crippen LogP contribution is -2.46. The fourth-order valence-electron chi connectivity index (χ4n) is 3.69. The maximum absolute atomic E-state index is 13.1. The van der Waals surface area contributed by atoms with Crippen molar-refractivity contribution in [3.8, 4) is 16.3 Å². The molecule has 156 valence electrons. The number of benzene rings is 1. The maximum Gasteiger partial charge on any atom is 0.274 e. The molecule has 1 aliphatic rings. The van der Waals surface area contributed by atoms with Crippen molar-refractivity contribution in [1.29, 1.82) is 0 Å². The molecule has 0 fully saturated rings. The number of carbonyl (C=O) groups excluding carboxylic acids is 1. The van der Waals surface area contributed by atoms with Crippen molar-refractivity contribution in [2.75, 3.05) is 6.54 Å². The van der Waals surface area contributed by atoms with E-state index in [0.29, 0.717) is 18.0 Å². The van der Waals surface area contributed by atoms with Gasteiger partial charge >= 0.3 is 0 Å². The number of rotatable bonds is 4. The molecule has 30 heavy (non-hydrogen) atoms. The van der Waals surface area contributed by atoms with Crippen LogP contribution in [0.25, 0.3) is 10.6 Å². The number of hydrogen-bond donors (Lipinski definition) is 1. The van der Waals surface area contributed by atoms with E-state index in [4.69, 9.17) is 0 Å². The lowest BCUT2D eigenvalue weighted by molar-refractivity contribution is 0.0608. The third-order valence-corrected chi connectivity index (χ3v) is 6.34. The van der Waals surface area contributed by atoms with Crippen LogP contribution >= 0.6 is 11.3 Å². The Kier molecular flexibility index (Phi) is 5.19. The molecule has 0 saturated carbocycles. The Morgan fingerprint density at radius 3 is 2.63 bits per heavy atom. The van der Waals surface area contributed by atoms with Gasteiger partial charge < -0.3 is 14.6 Å². The highest BCUT2D eigenvalue weighted by molar-refractivity contribution is 7.15. The van der Waals surface area contributed by atoms with E-state index in [0.717, 1.165) is 10.4 Å². The van der Waals surface area contributed by atoms with E-state index in [1.165, 1.54) is 23.5 Å². The topological polar surface area (TPSA) is 75.4 Å². The lowest BCUT2D eigenvalue weighted by atomic mass is 10.1. The zero-order valence-corrected chi connectivity index (χ0v) is 17.7. The Hall–Kier alpha value is -3.00. The van der Waals surface area contributed by atoms with Gasteiger partial charge in [0.15, 0.2) is 11.4 Å². The normalized spacial score (nSPS) is 16.2. The molecule has 1 amide bonds. The van der Waals surface area contributed by atoms with Gasteiger partial charge in [0.2, 0.25) is 5.43 Å². The number of halogens is 1. The molecule has 1 unspecified atom stereocenters. The Morgan fingerprint density at radius 2 is 1.97 bits per heavy atom. The summed E-state index contributed by atoms with van der Waals surface area (Å²) >= 11 is 1.34. The van der Waals surface area contributed by atoms with Gasteiger partial charge in [-0.1, -0.05) is 12.1 Å². The summed E-state index contributed by atoms with van der Waals surface area (Å²) in [5.41, 5.74) is 0.628. The quantitative estimate of drug-likeness (QED) is 0.687. The molecule has 1 N–H and O–H groups in total. The summed E-state index contributed by atoms with van der Waals surface area (Å²) in [5, 5.41) is 11.1. The molecular weight excluding hydrogens is 405 g/mol. The first-order valence-corrected chi connectivity index (χ1v) is 10.6. The Balaban J connectivity index is 1.72. The van der Waals surface area contributed by atoms with Crippen LogP contribution in [0.15, 0.2) is 41.5 Å². The van der Waals surface area contributed by atoms with Gasteiger partial charge in [0.05, 0.1) is 5.56 Å². The van der Waals surface area contributed by atoms with E-state index in [2.05, 4.69) is 4.98 Å². The lowest BCUT2D eigenvalue weighted by Gasteiger charge is -2.37. The standard InChI is InChI=1S/C22H22FN3O3S/c1-12(2)25-10-13(3)26-11-17(19(27)20(28)18(26)22(25)29)21-24-9-16(30-21)8-14-4-6-15(23)7-5-14/h4-7,9,11-13,28H,8,10H2,1-3H3. The van der Waals surface area contributed by atoms with Crippen molar-refractivity contribution in [3.63, 3.8) is 0 Å². The SMILES string of the molecule is CC(C)N1CC(C)n2cc(-c3ncc(Cc4ccc(F)cc4)s3)c(=O)c(O)c2C1=O. The monoisotopic (exact) mass is 427 g/mol. The van der Waals surface area contributed by atoms with Crippen LogP contribution in [0.3, 0.4) is 0 Å². The van der Waals surface area contributed by atoms with E-state index < -0.39 is 11.2 Å². The third kappa shape index (κ3) is 3.52. The van der Waals surface area contributed by atoms with Crippen LogP contribution in [0.2, 0.25) is 0 Å². The molecule has 1 aliphatic heterocycles. The van der Waals surface area contributed by atoms with Crippen molar-refractivity contribution < 1.29 is 14.3 Å². The molecule has 0 spiro atoms. The molecule has 4 rings (SSSR count). The van der Waals surface area contributed by atoms with Crippen LogP contribution < -0.4 is 5.43 Å². The van der Waals surface area contributed by atoms with E-state index in [1.54, 1.807) is 34.0 Å². The highest BCUT2D eigenvalue weighted by atomic mass is 32.1. The zero-order valence-electron chi connectivity index (χ0n) is 16.9. The van der Waals surface area contributed by atoms with Crippen LogP contribution in [0.1, 0.15) is 47.7 Å². The number of pyridine rings is 1. The van der Waals surface area contributed by atoms with Crippen molar-refractivity contribution >= 4 is 17.2 Å². The number of aromatic hydroxyl groups is 1. The number of fused-ring (bicyclic) bond motifs is 1. The summed E-state index contributed by atoms with van der Waals surface area (Å²) in [6.07, 6.45) is 3.87. The molecule has 1 aromatic carbocycles. The van der Waals surface area contributed by atoms with Crippen LogP contribution in [-0.2, 0) is 6.42 Å². The first-order valence-electron chi connectivity index (χ1n) is 9.75. The molecule has 8 heteroatoms. The van der Waals surface area contributed by atoms with Crippen molar-refractivity contribution in [1.82, 2.24) is 14.5 Å². The van der Waals surface area contributed by atoms with Gasteiger partial charge in [-0.15, -0.1) is 11.3 Å². The molecular formula is C22H22FN3O3S. The van der Waals surface area contributed by atoms with Crippen LogP contribution in [-0.4, -0.2) is 38.1 Å². The molecule has 2 aromatic heterocycles. The van der Waals surface area contributed by atoms with Gasteiger partial charge in [-0.2, -0.15) is 0 Å². The molecule has 0 bridgehead atoms. The minimum atomic E-state index is -0.602. The first-order chi connectivity index (χ1) is 14.3. The minimum Gasteiger partial charge on any atom is -0.503 e. The summed E-state index contributed by atoms with van der Waals surface area (Å²) in [6, 6.07) is 6.11.